The lowest BCUT2D eigenvalue weighted by atomic mass is 9.95. The first-order valence-electron chi connectivity index (χ1n) is 8.43. The summed E-state index contributed by atoms with van der Waals surface area (Å²) in [4.78, 5) is 14.9. The molecule has 2 aliphatic rings. The maximum Gasteiger partial charge on any atom is 0.255 e. The van der Waals surface area contributed by atoms with E-state index < -0.39 is 9.84 Å². The van der Waals surface area contributed by atoms with Gasteiger partial charge in [0.15, 0.2) is 9.84 Å². The molecule has 0 radical (unpaired) electrons. The fraction of sp³-hybridized carbons (Fsp3) is 0.500. The first kappa shape index (κ1) is 15.8. The number of hydrogen-bond acceptors (Lipinski definition) is 4. The Bertz CT molecular complexity index is 948. The second kappa shape index (κ2) is 5.70. The molecule has 0 spiro atoms. The molecule has 24 heavy (non-hydrogen) atoms. The molecule has 2 atom stereocenters. The van der Waals surface area contributed by atoms with E-state index in [-0.39, 0.29) is 11.5 Å². The van der Waals surface area contributed by atoms with Crippen molar-refractivity contribution in [1.29, 1.82) is 0 Å². The van der Waals surface area contributed by atoms with Crippen LogP contribution in [0.1, 0.15) is 12.0 Å². The van der Waals surface area contributed by atoms with Crippen LogP contribution in [0.15, 0.2) is 35.1 Å². The molecule has 0 saturated carbocycles. The number of aryl methyl sites for hydroxylation is 1. The molecule has 1 aromatic heterocycles. The zero-order valence-corrected chi connectivity index (χ0v) is 14.6. The second-order valence-corrected chi connectivity index (χ2v) is 9.44. The minimum atomic E-state index is -2.87. The molecule has 2 unspecified atom stereocenters. The Labute approximate surface area is 141 Å². The van der Waals surface area contributed by atoms with Gasteiger partial charge in [0.05, 0.1) is 17.0 Å². The number of nitrogens with zero attached hydrogens (tertiary/aromatic N) is 2. The summed E-state index contributed by atoms with van der Waals surface area (Å²) in [6.07, 6.45) is 0.763. The topological polar surface area (TPSA) is 59.4 Å². The van der Waals surface area contributed by atoms with E-state index in [1.165, 1.54) is 0 Å². The van der Waals surface area contributed by atoms with Crippen LogP contribution in [0.4, 0.5) is 0 Å². The first-order chi connectivity index (χ1) is 11.4. The van der Waals surface area contributed by atoms with E-state index in [2.05, 4.69) is 4.90 Å². The van der Waals surface area contributed by atoms with E-state index in [1.54, 1.807) is 4.57 Å². The smallest absolute Gasteiger partial charge is 0.255 e. The number of fused-ring (bicyclic) bond motifs is 2. The van der Waals surface area contributed by atoms with Gasteiger partial charge >= 0.3 is 0 Å². The van der Waals surface area contributed by atoms with Crippen molar-refractivity contribution in [2.45, 2.75) is 13.0 Å². The van der Waals surface area contributed by atoms with Crippen molar-refractivity contribution >= 4 is 20.7 Å². The van der Waals surface area contributed by atoms with Crippen molar-refractivity contribution in [3.05, 3.63) is 46.2 Å². The highest BCUT2D eigenvalue weighted by molar-refractivity contribution is 7.91. The third-order valence-corrected chi connectivity index (χ3v) is 7.31. The second-order valence-electron chi connectivity index (χ2n) is 7.21. The summed E-state index contributed by atoms with van der Waals surface area (Å²) in [6.45, 7) is 2.28. The Hall–Kier alpha value is -1.66. The summed E-state index contributed by atoms with van der Waals surface area (Å²) in [5.74, 6) is 1.31. The summed E-state index contributed by atoms with van der Waals surface area (Å²) < 4.78 is 25.4. The summed E-state index contributed by atoms with van der Waals surface area (Å²) in [6, 6.07) is 9.87. The highest BCUT2D eigenvalue weighted by Gasteiger charge is 2.39. The van der Waals surface area contributed by atoms with Gasteiger partial charge in [0.1, 0.15) is 0 Å². The lowest BCUT2D eigenvalue weighted by Gasteiger charge is -2.23. The monoisotopic (exact) mass is 346 g/mol. The molecule has 4 rings (SSSR count). The predicted octanol–water partition coefficient (Wildman–Crippen LogP) is 1.40. The van der Waals surface area contributed by atoms with Gasteiger partial charge in [0.2, 0.25) is 0 Å². The fourth-order valence-electron chi connectivity index (χ4n) is 4.26. The van der Waals surface area contributed by atoms with Crippen LogP contribution in [0, 0.1) is 11.8 Å². The van der Waals surface area contributed by atoms with Crippen molar-refractivity contribution in [3.8, 4) is 0 Å². The molecule has 3 heterocycles. The van der Waals surface area contributed by atoms with Crippen LogP contribution in [0.3, 0.4) is 0 Å². The van der Waals surface area contributed by atoms with E-state index in [0.717, 1.165) is 36.0 Å². The van der Waals surface area contributed by atoms with Gasteiger partial charge in [-0.1, -0.05) is 18.2 Å². The van der Waals surface area contributed by atoms with Crippen LogP contribution in [0.5, 0.6) is 0 Å². The molecule has 0 N–H and O–H groups in total. The molecule has 0 bridgehead atoms. The first-order valence-corrected chi connectivity index (χ1v) is 10.3. The van der Waals surface area contributed by atoms with Gasteiger partial charge in [0, 0.05) is 32.2 Å². The van der Waals surface area contributed by atoms with Gasteiger partial charge in [-0.25, -0.2) is 8.42 Å². The molecule has 1 aromatic carbocycles. The SMILES string of the molecule is Cn1c(=O)c(CN2CC3CCS(=O)(=O)CC3C2)cc2ccccc21. The normalized spacial score (nSPS) is 26.5. The Balaban J connectivity index is 1.59. The van der Waals surface area contributed by atoms with Crippen LogP contribution in [-0.2, 0) is 23.4 Å². The number of pyridine rings is 1. The maximum atomic E-state index is 12.6. The molecule has 0 amide bonds. The Morgan fingerprint density at radius 1 is 1.17 bits per heavy atom. The number of sulfone groups is 1. The van der Waals surface area contributed by atoms with Crippen molar-refractivity contribution < 1.29 is 8.42 Å². The van der Waals surface area contributed by atoms with Crippen LogP contribution in [0.2, 0.25) is 0 Å². The van der Waals surface area contributed by atoms with Crippen LogP contribution in [-0.4, -0.2) is 42.5 Å². The molecule has 2 aromatic rings. The lowest BCUT2D eigenvalue weighted by molar-refractivity contribution is 0.312. The Morgan fingerprint density at radius 3 is 2.75 bits per heavy atom. The average molecular weight is 346 g/mol. The number of benzene rings is 1. The molecule has 2 aliphatic heterocycles. The summed E-state index contributed by atoms with van der Waals surface area (Å²) >= 11 is 0. The van der Waals surface area contributed by atoms with Gasteiger partial charge in [-0.3, -0.25) is 9.69 Å². The lowest BCUT2D eigenvalue weighted by Crippen LogP contribution is -2.31. The number of aromatic nitrogens is 1. The van der Waals surface area contributed by atoms with Crippen LogP contribution >= 0.6 is 0 Å². The molecule has 2 fully saturated rings. The summed E-state index contributed by atoms with van der Waals surface area (Å²) in [5.41, 5.74) is 1.77. The van der Waals surface area contributed by atoms with E-state index in [0.29, 0.717) is 24.0 Å². The molecular weight excluding hydrogens is 324 g/mol. The van der Waals surface area contributed by atoms with E-state index in [9.17, 15) is 13.2 Å². The van der Waals surface area contributed by atoms with E-state index >= 15 is 0 Å². The van der Waals surface area contributed by atoms with Gasteiger partial charge in [-0.2, -0.15) is 0 Å². The Morgan fingerprint density at radius 2 is 1.92 bits per heavy atom. The fourth-order valence-corrected chi connectivity index (χ4v) is 6.12. The van der Waals surface area contributed by atoms with Crippen molar-refractivity contribution in [1.82, 2.24) is 9.47 Å². The number of para-hydroxylation sites is 1. The molecular formula is C18H22N2O3S. The third-order valence-electron chi connectivity index (χ3n) is 5.52. The van der Waals surface area contributed by atoms with Gasteiger partial charge in [0.25, 0.3) is 5.56 Å². The van der Waals surface area contributed by atoms with Crippen molar-refractivity contribution in [2.75, 3.05) is 24.6 Å². The summed E-state index contributed by atoms with van der Waals surface area (Å²) in [5, 5.41) is 1.06. The van der Waals surface area contributed by atoms with Gasteiger partial charge in [-0.15, -0.1) is 0 Å². The minimum Gasteiger partial charge on any atom is -0.311 e. The largest absolute Gasteiger partial charge is 0.311 e. The van der Waals surface area contributed by atoms with Crippen LogP contribution in [0.25, 0.3) is 10.9 Å². The number of likely N-dealkylation sites (tertiary alicyclic amines) is 1. The van der Waals surface area contributed by atoms with Crippen molar-refractivity contribution in [2.24, 2.45) is 18.9 Å². The predicted molar refractivity (Wildman–Crippen MR) is 94.7 cm³/mol. The highest BCUT2D eigenvalue weighted by atomic mass is 32.2. The average Bonchev–Trinajstić information content (AvgIpc) is 2.92. The van der Waals surface area contributed by atoms with Gasteiger partial charge < -0.3 is 4.57 Å². The Kier molecular flexibility index (Phi) is 3.77. The van der Waals surface area contributed by atoms with E-state index in [4.69, 9.17) is 0 Å². The van der Waals surface area contributed by atoms with Crippen LogP contribution < -0.4 is 5.56 Å². The molecule has 128 valence electrons. The zero-order valence-electron chi connectivity index (χ0n) is 13.8. The number of hydrogen-bond donors (Lipinski definition) is 0. The zero-order chi connectivity index (χ0) is 16.9. The minimum absolute atomic E-state index is 0.0381. The highest BCUT2D eigenvalue weighted by Crippen LogP contribution is 2.32. The standard InChI is InChI=1S/C18H22N2O3S/c1-19-17-5-3-2-4-13(17)8-15(18(19)21)10-20-9-14-6-7-24(22,23)12-16(14)11-20/h2-5,8,14,16H,6-7,9-12H2,1H3. The maximum absolute atomic E-state index is 12.6. The number of rotatable bonds is 2. The van der Waals surface area contributed by atoms with E-state index in [1.807, 2.05) is 37.4 Å². The molecule has 6 heteroatoms. The quantitative estimate of drug-likeness (QED) is 0.825. The van der Waals surface area contributed by atoms with Crippen molar-refractivity contribution in [3.63, 3.8) is 0 Å². The third kappa shape index (κ3) is 2.78. The molecule has 5 nitrogen and oxygen atoms in total. The molecule has 0 aliphatic carbocycles. The van der Waals surface area contributed by atoms with Gasteiger partial charge in [-0.05, 0) is 35.8 Å². The summed E-state index contributed by atoms with van der Waals surface area (Å²) in [7, 11) is -1.06. The molecule has 2 saturated heterocycles.